The number of carbonyl (C=O) groups is 1. The van der Waals surface area contributed by atoms with Crippen LogP contribution >= 0.6 is 0 Å². The highest BCUT2D eigenvalue weighted by atomic mass is 16.5. The van der Waals surface area contributed by atoms with Crippen LogP contribution in [0.2, 0.25) is 0 Å². The number of benzene rings is 1. The lowest BCUT2D eigenvalue weighted by molar-refractivity contribution is -0.140. The van der Waals surface area contributed by atoms with Gasteiger partial charge in [-0.05, 0) is 30.3 Å². The monoisotopic (exact) mass is 442 g/mol. The molecular weight excluding hydrogens is 420 g/mol. The molecule has 0 aliphatic carbocycles. The van der Waals surface area contributed by atoms with Crippen LogP contribution in [0.3, 0.4) is 0 Å². The summed E-state index contributed by atoms with van der Waals surface area (Å²) in [5.41, 5.74) is 17.3. The Morgan fingerprint density at radius 1 is 1.21 bits per heavy atom. The summed E-state index contributed by atoms with van der Waals surface area (Å²) >= 11 is 0. The normalized spacial score (nSPS) is 10.8. The van der Waals surface area contributed by atoms with Crippen LogP contribution in [0, 0.1) is 16.9 Å². The second-order valence-corrected chi connectivity index (χ2v) is 6.91. The molecule has 1 aromatic carbocycles. The number of pyridine rings is 1. The van der Waals surface area contributed by atoms with Crippen LogP contribution in [0.4, 0.5) is 5.95 Å². The van der Waals surface area contributed by atoms with E-state index in [9.17, 15) is 4.79 Å². The van der Waals surface area contributed by atoms with E-state index in [0.717, 1.165) is 11.4 Å². The van der Waals surface area contributed by atoms with Gasteiger partial charge in [0.2, 0.25) is 5.95 Å². The fourth-order valence-corrected chi connectivity index (χ4v) is 3.01. The van der Waals surface area contributed by atoms with Gasteiger partial charge in [0.25, 0.3) is 0 Å². The second kappa shape index (κ2) is 11.1. The van der Waals surface area contributed by atoms with Crippen molar-refractivity contribution >= 4 is 17.6 Å². The number of esters is 1. The van der Waals surface area contributed by atoms with Gasteiger partial charge in [-0.1, -0.05) is 18.2 Å². The first-order valence-corrected chi connectivity index (χ1v) is 10.0. The molecule has 0 fully saturated rings. The average Bonchev–Trinajstić information content (AvgIpc) is 2.85. The van der Waals surface area contributed by atoms with Crippen LogP contribution < -0.4 is 11.1 Å². The standard InChI is InChI=1S/C23H22N8O2/c1-33-22(32)9-8-17-6-3-7-18(28-17)13-27-14-21(31-26)20-11-19(29-23(25)30-20)16-5-2-4-15(10-16)12-24/h2-7,10-11,14,26-27H,8-9,13H2,1H3,(H2,25,29,30)/b21-14-,31-26?. The van der Waals surface area contributed by atoms with E-state index in [4.69, 9.17) is 16.5 Å². The number of hydrogen-bond acceptors (Lipinski definition) is 10. The van der Waals surface area contributed by atoms with Gasteiger partial charge in [-0.25, -0.2) is 15.5 Å². The summed E-state index contributed by atoms with van der Waals surface area (Å²) in [5, 5.41) is 15.8. The number of hydrogen-bond donors (Lipinski definition) is 3. The molecule has 0 radical (unpaired) electrons. The molecule has 33 heavy (non-hydrogen) atoms. The molecule has 0 aliphatic rings. The van der Waals surface area contributed by atoms with Crippen molar-refractivity contribution in [3.63, 3.8) is 0 Å². The van der Waals surface area contributed by atoms with Crippen LogP contribution in [-0.2, 0) is 22.5 Å². The number of anilines is 1. The van der Waals surface area contributed by atoms with Gasteiger partial charge in [0.1, 0.15) is 5.70 Å². The Morgan fingerprint density at radius 3 is 2.76 bits per heavy atom. The molecule has 0 saturated carbocycles. The van der Waals surface area contributed by atoms with Crippen molar-refractivity contribution in [3.8, 4) is 17.3 Å². The summed E-state index contributed by atoms with van der Waals surface area (Å²) in [6.45, 7) is 0.378. The fraction of sp³-hybridized carbons (Fsp3) is 0.174. The van der Waals surface area contributed by atoms with Gasteiger partial charge in [0.15, 0.2) is 0 Å². The van der Waals surface area contributed by atoms with Gasteiger partial charge in [0, 0.05) is 23.9 Å². The zero-order chi connectivity index (χ0) is 23.6. The number of carbonyl (C=O) groups excluding carboxylic acids is 1. The van der Waals surface area contributed by atoms with Crippen LogP contribution in [0.1, 0.15) is 29.1 Å². The van der Waals surface area contributed by atoms with Crippen molar-refractivity contribution in [3.05, 3.63) is 77.4 Å². The zero-order valence-electron chi connectivity index (χ0n) is 17.9. The van der Waals surface area contributed by atoms with E-state index in [2.05, 4.69) is 36.2 Å². The first-order chi connectivity index (χ1) is 16.0. The van der Waals surface area contributed by atoms with Gasteiger partial charge in [0.05, 0.1) is 48.8 Å². The Bertz CT molecular complexity index is 1230. The SMILES string of the molecule is COC(=O)CCc1cccc(CN/C=C(\N=N)c2cc(-c3cccc(C#N)c3)nc(N)n2)n1. The summed E-state index contributed by atoms with van der Waals surface area (Å²) in [4.78, 5) is 24.2. The predicted octanol–water partition coefficient (Wildman–Crippen LogP) is 3.22. The van der Waals surface area contributed by atoms with Crippen LogP contribution in [0.25, 0.3) is 17.0 Å². The smallest absolute Gasteiger partial charge is 0.305 e. The lowest BCUT2D eigenvalue weighted by Gasteiger charge is -2.08. The molecule has 2 aromatic heterocycles. The quantitative estimate of drug-likeness (QED) is 0.336. The van der Waals surface area contributed by atoms with Gasteiger partial charge in [-0.3, -0.25) is 9.78 Å². The van der Waals surface area contributed by atoms with Gasteiger partial charge in [-0.15, -0.1) is 0 Å². The maximum absolute atomic E-state index is 11.3. The predicted molar refractivity (Wildman–Crippen MR) is 121 cm³/mol. The molecule has 10 heteroatoms. The molecule has 10 nitrogen and oxygen atoms in total. The summed E-state index contributed by atoms with van der Waals surface area (Å²) in [6, 6.07) is 16.3. The van der Waals surface area contributed by atoms with Crippen LogP contribution in [0.5, 0.6) is 0 Å². The first-order valence-electron chi connectivity index (χ1n) is 10.0. The summed E-state index contributed by atoms with van der Waals surface area (Å²) in [7, 11) is 1.36. The van der Waals surface area contributed by atoms with Crippen molar-refractivity contribution in [2.45, 2.75) is 19.4 Å². The summed E-state index contributed by atoms with van der Waals surface area (Å²) < 4.78 is 4.66. The zero-order valence-corrected chi connectivity index (χ0v) is 17.9. The van der Waals surface area contributed by atoms with E-state index in [1.165, 1.54) is 7.11 Å². The molecule has 4 N–H and O–H groups in total. The molecule has 0 bridgehead atoms. The van der Waals surface area contributed by atoms with E-state index < -0.39 is 0 Å². The lowest BCUT2D eigenvalue weighted by atomic mass is 10.1. The minimum absolute atomic E-state index is 0.0272. The van der Waals surface area contributed by atoms with Crippen molar-refractivity contribution in [1.29, 1.82) is 10.8 Å². The number of aryl methyl sites for hydroxylation is 1. The van der Waals surface area contributed by atoms with Crippen LogP contribution in [0.15, 0.2) is 59.8 Å². The molecular formula is C23H22N8O2. The maximum Gasteiger partial charge on any atom is 0.305 e. The number of nitriles is 1. The molecule has 0 unspecified atom stereocenters. The molecule has 0 atom stereocenters. The van der Waals surface area contributed by atoms with Crippen molar-refractivity contribution in [1.82, 2.24) is 20.3 Å². The van der Waals surface area contributed by atoms with E-state index in [1.54, 1.807) is 30.5 Å². The molecule has 0 amide bonds. The average molecular weight is 442 g/mol. The molecule has 0 aliphatic heterocycles. The van der Waals surface area contributed by atoms with Crippen molar-refractivity contribution in [2.24, 2.45) is 5.11 Å². The highest BCUT2D eigenvalue weighted by molar-refractivity contribution is 5.70. The Morgan fingerprint density at radius 2 is 2.00 bits per heavy atom. The second-order valence-electron chi connectivity index (χ2n) is 6.91. The topological polar surface area (TPSA) is 163 Å². The van der Waals surface area contributed by atoms with Crippen LogP contribution in [-0.4, -0.2) is 28.0 Å². The minimum atomic E-state index is -0.284. The number of nitrogen functional groups attached to an aromatic ring is 1. The molecule has 166 valence electrons. The maximum atomic E-state index is 11.3. The number of methoxy groups -OCH3 is 1. The molecule has 3 aromatic rings. The Labute approximate surface area is 190 Å². The molecule has 0 saturated heterocycles. The largest absolute Gasteiger partial charge is 0.469 e. The number of ether oxygens (including phenoxy) is 1. The molecule has 3 rings (SSSR count). The Kier molecular flexibility index (Phi) is 7.75. The summed E-state index contributed by atoms with van der Waals surface area (Å²) in [6.07, 6.45) is 2.30. The van der Waals surface area contributed by atoms with Gasteiger partial charge < -0.3 is 15.8 Å². The van der Waals surface area contributed by atoms with Crippen molar-refractivity contribution in [2.75, 3.05) is 12.8 Å². The number of rotatable bonds is 9. The Balaban J connectivity index is 1.75. The number of nitrogens with one attached hydrogen (secondary N) is 2. The fourth-order valence-electron chi connectivity index (χ4n) is 3.01. The van der Waals surface area contributed by atoms with E-state index in [0.29, 0.717) is 35.5 Å². The van der Waals surface area contributed by atoms with Gasteiger partial charge in [-0.2, -0.15) is 10.4 Å². The third-order valence-electron chi connectivity index (χ3n) is 4.61. The van der Waals surface area contributed by atoms with E-state index in [1.807, 2.05) is 24.3 Å². The summed E-state index contributed by atoms with van der Waals surface area (Å²) in [5.74, 6) is -0.257. The number of nitrogens with zero attached hydrogens (tertiary/aromatic N) is 5. The third-order valence-corrected chi connectivity index (χ3v) is 4.61. The van der Waals surface area contributed by atoms with E-state index in [-0.39, 0.29) is 24.0 Å². The number of nitrogens with two attached hydrogens (primary N) is 1. The Hall–Kier alpha value is -4.65. The number of aromatic nitrogens is 3. The first kappa shape index (κ1) is 23.0. The molecule has 2 heterocycles. The molecule has 0 spiro atoms. The highest BCUT2D eigenvalue weighted by Crippen LogP contribution is 2.23. The van der Waals surface area contributed by atoms with Crippen molar-refractivity contribution < 1.29 is 9.53 Å². The van der Waals surface area contributed by atoms with E-state index >= 15 is 0 Å². The minimum Gasteiger partial charge on any atom is -0.469 e. The van der Waals surface area contributed by atoms with Gasteiger partial charge >= 0.3 is 5.97 Å². The lowest BCUT2D eigenvalue weighted by Crippen LogP contribution is -2.09. The highest BCUT2D eigenvalue weighted by Gasteiger charge is 2.10. The third kappa shape index (κ3) is 6.41.